The van der Waals surface area contributed by atoms with E-state index >= 15 is 0 Å². The smallest absolute Gasteiger partial charge is 0.379 e. The van der Waals surface area contributed by atoms with Gasteiger partial charge >= 0.3 is 6.18 Å². The van der Waals surface area contributed by atoms with Crippen molar-refractivity contribution in [2.75, 3.05) is 11.9 Å². The second-order valence-corrected chi connectivity index (χ2v) is 4.42. The molecule has 7 nitrogen and oxygen atoms in total. The van der Waals surface area contributed by atoms with E-state index in [-0.39, 0.29) is 5.69 Å². The highest BCUT2D eigenvalue weighted by atomic mass is 19.4. The normalized spacial score (nSPS) is 14.4. The summed E-state index contributed by atoms with van der Waals surface area (Å²) in [6, 6.07) is 1.97. The Hall–Kier alpha value is -2.20. The number of amides is 1. The highest BCUT2D eigenvalue weighted by Crippen LogP contribution is 2.37. The van der Waals surface area contributed by atoms with Gasteiger partial charge in [0.1, 0.15) is 5.56 Å². The molecular formula is C11H12F3N3O4. The van der Waals surface area contributed by atoms with E-state index in [4.69, 9.17) is 5.73 Å². The summed E-state index contributed by atoms with van der Waals surface area (Å²) in [5.74, 6) is -1.02. The molecule has 0 bridgehead atoms. The predicted octanol–water partition coefficient (Wildman–Crippen LogP) is 1.26. The molecule has 0 radical (unpaired) electrons. The molecule has 0 fully saturated rings. The van der Waals surface area contributed by atoms with Crippen LogP contribution in [0, 0.1) is 10.1 Å². The van der Waals surface area contributed by atoms with Gasteiger partial charge in [0, 0.05) is 18.3 Å². The number of nitro benzene ring substituents is 1. The van der Waals surface area contributed by atoms with E-state index in [0.29, 0.717) is 12.1 Å². The fourth-order valence-electron chi connectivity index (χ4n) is 1.36. The molecule has 0 aliphatic carbocycles. The number of aliphatic hydroxyl groups is 1. The van der Waals surface area contributed by atoms with E-state index in [1.54, 1.807) is 0 Å². The fourth-order valence-corrected chi connectivity index (χ4v) is 1.36. The van der Waals surface area contributed by atoms with Crippen LogP contribution in [0.15, 0.2) is 18.2 Å². The van der Waals surface area contributed by atoms with E-state index in [1.165, 1.54) is 0 Å². The third-order valence-corrected chi connectivity index (χ3v) is 2.64. The van der Waals surface area contributed by atoms with Gasteiger partial charge in [-0.1, -0.05) is 0 Å². The van der Waals surface area contributed by atoms with Gasteiger partial charge in [-0.2, -0.15) is 13.2 Å². The average Bonchev–Trinajstić information content (AvgIpc) is 2.37. The minimum atomic E-state index is -4.96. The number of hydrogen-bond acceptors (Lipinski definition) is 5. The van der Waals surface area contributed by atoms with E-state index in [2.05, 4.69) is 0 Å². The van der Waals surface area contributed by atoms with Crippen LogP contribution >= 0.6 is 0 Å². The van der Waals surface area contributed by atoms with Crippen LogP contribution in [0.2, 0.25) is 0 Å². The monoisotopic (exact) mass is 307 g/mol. The van der Waals surface area contributed by atoms with Crippen molar-refractivity contribution >= 4 is 17.3 Å². The van der Waals surface area contributed by atoms with Crippen LogP contribution < -0.4 is 11.1 Å². The lowest BCUT2D eigenvalue weighted by Gasteiger charge is -2.20. The van der Waals surface area contributed by atoms with Gasteiger partial charge in [-0.15, -0.1) is 0 Å². The Morgan fingerprint density at radius 1 is 1.48 bits per heavy atom. The number of carbonyl (C=O) groups is 1. The second kappa shape index (κ2) is 5.66. The van der Waals surface area contributed by atoms with Crippen LogP contribution in [0.1, 0.15) is 12.5 Å². The SMILES string of the molecule is C[C@](O)(CN)C(=O)Nc1ccc([N+](=O)[O-])c(C(F)(F)F)c1. The molecule has 1 rings (SSSR count). The van der Waals surface area contributed by atoms with Gasteiger partial charge in [-0.3, -0.25) is 14.9 Å². The minimum absolute atomic E-state index is 0.341. The van der Waals surface area contributed by atoms with Crippen molar-refractivity contribution < 1.29 is 28.0 Å². The molecule has 0 aliphatic heterocycles. The van der Waals surface area contributed by atoms with E-state index in [1.807, 2.05) is 5.32 Å². The zero-order valence-electron chi connectivity index (χ0n) is 10.8. The van der Waals surface area contributed by atoms with Gasteiger partial charge in [-0.25, -0.2) is 0 Å². The first-order valence-electron chi connectivity index (χ1n) is 5.58. The van der Waals surface area contributed by atoms with Gasteiger partial charge in [0.15, 0.2) is 5.60 Å². The number of nitrogens with one attached hydrogen (secondary N) is 1. The number of nitrogens with two attached hydrogens (primary N) is 1. The first-order valence-corrected chi connectivity index (χ1v) is 5.58. The Morgan fingerprint density at radius 2 is 2.05 bits per heavy atom. The molecule has 21 heavy (non-hydrogen) atoms. The quantitative estimate of drug-likeness (QED) is 0.571. The molecular weight excluding hydrogens is 295 g/mol. The molecule has 0 saturated heterocycles. The van der Waals surface area contributed by atoms with Gasteiger partial charge in [0.2, 0.25) is 0 Å². The zero-order valence-corrected chi connectivity index (χ0v) is 10.8. The van der Waals surface area contributed by atoms with Gasteiger partial charge in [0.05, 0.1) is 4.92 Å². The maximum absolute atomic E-state index is 12.7. The van der Waals surface area contributed by atoms with E-state index in [0.717, 1.165) is 13.0 Å². The molecule has 1 aromatic rings. The molecule has 0 unspecified atom stereocenters. The summed E-state index contributed by atoms with van der Waals surface area (Å²) in [4.78, 5) is 21.0. The number of anilines is 1. The van der Waals surface area contributed by atoms with Crippen LogP contribution in [-0.2, 0) is 11.0 Å². The number of rotatable bonds is 4. The predicted molar refractivity (Wildman–Crippen MR) is 66.4 cm³/mol. The summed E-state index contributed by atoms with van der Waals surface area (Å²) in [5.41, 5.74) is 0.195. The molecule has 1 amide bonds. The Labute approximate surface area is 116 Å². The molecule has 0 spiro atoms. The maximum Gasteiger partial charge on any atom is 0.423 e. The van der Waals surface area contributed by atoms with Gasteiger partial charge in [0.25, 0.3) is 11.6 Å². The van der Waals surface area contributed by atoms with Crippen LogP contribution in [0.3, 0.4) is 0 Å². The van der Waals surface area contributed by atoms with Crippen molar-refractivity contribution in [1.29, 1.82) is 0 Å². The van der Waals surface area contributed by atoms with Crippen LogP contribution in [0.4, 0.5) is 24.5 Å². The molecule has 0 aliphatic rings. The summed E-state index contributed by atoms with van der Waals surface area (Å²) in [7, 11) is 0. The summed E-state index contributed by atoms with van der Waals surface area (Å²) < 4.78 is 38.2. The van der Waals surface area contributed by atoms with E-state index in [9.17, 15) is 33.2 Å². The van der Waals surface area contributed by atoms with E-state index < -0.39 is 40.4 Å². The van der Waals surface area contributed by atoms with Gasteiger partial charge < -0.3 is 16.2 Å². The molecule has 116 valence electrons. The number of alkyl halides is 3. The summed E-state index contributed by atoms with van der Waals surface area (Å²) >= 11 is 0. The lowest BCUT2D eigenvalue weighted by Crippen LogP contribution is -2.46. The number of halogens is 3. The molecule has 10 heteroatoms. The molecule has 0 saturated carbocycles. The fraction of sp³-hybridized carbons (Fsp3) is 0.364. The molecule has 0 heterocycles. The zero-order chi connectivity index (χ0) is 16.4. The largest absolute Gasteiger partial charge is 0.423 e. The lowest BCUT2D eigenvalue weighted by atomic mass is 10.1. The topological polar surface area (TPSA) is 118 Å². The third kappa shape index (κ3) is 3.89. The number of hydrogen-bond donors (Lipinski definition) is 3. The molecule has 4 N–H and O–H groups in total. The Balaban J connectivity index is 3.18. The van der Waals surface area contributed by atoms with Crippen molar-refractivity contribution in [1.82, 2.24) is 0 Å². The van der Waals surface area contributed by atoms with Crippen molar-refractivity contribution in [3.8, 4) is 0 Å². The highest BCUT2D eigenvalue weighted by molar-refractivity contribution is 5.97. The van der Waals surface area contributed by atoms with Crippen molar-refractivity contribution in [2.24, 2.45) is 5.73 Å². The van der Waals surface area contributed by atoms with Crippen LogP contribution in [0.5, 0.6) is 0 Å². The van der Waals surface area contributed by atoms with Gasteiger partial charge in [-0.05, 0) is 19.1 Å². The van der Waals surface area contributed by atoms with Crippen LogP contribution in [-0.4, -0.2) is 28.1 Å². The number of nitrogens with zero attached hydrogens (tertiary/aromatic N) is 1. The average molecular weight is 307 g/mol. The first kappa shape index (κ1) is 16.9. The number of nitro groups is 1. The second-order valence-electron chi connectivity index (χ2n) is 4.42. The number of carbonyl (C=O) groups excluding carboxylic acids is 1. The molecule has 1 aromatic carbocycles. The lowest BCUT2D eigenvalue weighted by molar-refractivity contribution is -0.388. The van der Waals surface area contributed by atoms with Crippen molar-refractivity contribution in [3.05, 3.63) is 33.9 Å². The number of benzene rings is 1. The Bertz CT molecular complexity index is 572. The minimum Gasteiger partial charge on any atom is -0.379 e. The first-order chi connectivity index (χ1) is 9.49. The summed E-state index contributed by atoms with van der Waals surface area (Å²) in [5, 5.41) is 22.1. The highest BCUT2D eigenvalue weighted by Gasteiger charge is 2.39. The Kier molecular flexibility index (Phi) is 4.54. The summed E-state index contributed by atoms with van der Waals surface area (Å²) in [6.07, 6.45) is -4.96. The molecule has 1 atom stereocenters. The third-order valence-electron chi connectivity index (χ3n) is 2.64. The molecule has 0 aromatic heterocycles. The van der Waals surface area contributed by atoms with Crippen LogP contribution in [0.25, 0.3) is 0 Å². The maximum atomic E-state index is 12.7. The Morgan fingerprint density at radius 3 is 2.48 bits per heavy atom. The van der Waals surface area contributed by atoms with Crippen molar-refractivity contribution in [2.45, 2.75) is 18.7 Å². The standard InChI is InChI=1S/C11H12F3N3O4/c1-10(19,5-15)9(18)16-6-2-3-8(17(20)21)7(4-6)11(12,13)14/h2-4,19H,5,15H2,1H3,(H,16,18)/t10-/m0/s1. The summed E-state index contributed by atoms with van der Waals surface area (Å²) in [6.45, 7) is 0.635. The van der Waals surface area contributed by atoms with Crippen molar-refractivity contribution in [3.63, 3.8) is 0 Å².